The molecule has 0 aromatic carbocycles. The van der Waals surface area contributed by atoms with Crippen molar-refractivity contribution in [3.05, 3.63) is 29.6 Å². The highest BCUT2D eigenvalue weighted by Crippen LogP contribution is 2.25. The Morgan fingerprint density at radius 2 is 2.38 bits per heavy atom. The highest BCUT2D eigenvalue weighted by Gasteiger charge is 2.19. The molecule has 1 saturated heterocycles. The topological polar surface area (TPSA) is 118 Å². The van der Waals surface area contributed by atoms with Crippen LogP contribution in [0.5, 0.6) is 0 Å². The first-order chi connectivity index (χ1) is 10.2. The van der Waals surface area contributed by atoms with Crippen molar-refractivity contribution in [3.63, 3.8) is 0 Å². The van der Waals surface area contributed by atoms with E-state index >= 15 is 0 Å². The molecule has 2 aromatic heterocycles. The van der Waals surface area contributed by atoms with Crippen molar-refractivity contribution in [2.24, 2.45) is 5.73 Å². The summed E-state index contributed by atoms with van der Waals surface area (Å²) < 4.78 is 1.58. The molecule has 1 aliphatic rings. The molecule has 1 unspecified atom stereocenters. The van der Waals surface area contributed by atoms with Crippen LogP contribution in [0.1, 0.15) is 30.0 Å². The molecular formula is C14H19N7. The maximum atomic E-state index is 7.13. The van der Waals surface area contributed by atoms with E-state index < -0.39 is 0 Å². The monoisotopic (exact) mass is 285 g/mol. The van der Waals surface area contributed by atoms with Gasteiger partial charge in [0.25, 0.3) is 0 Å². The SMILES string of the molecule is N=C/C=C(\N)c1cnn2c(N)cc(C3CCCNC3)nc12. The van der Waals surface area contributed by atoms with Gasteiger partial charge in [-0.05, 0) is 25.5 Å². The third-order valence-corrected chi connectivity index (χ3v) is 3.81. The van der Waals surface area contributed by atoms with Crippen LogP contribution in [0.3, 0.4) is 0 Å². The summed E-state index contributed by atoms with van der Waals surface area (Å²) in [6.45, 7) is 1.97. The van der Waals surface area contributed by atoms with Crippen LogP contribution in [-0.2, 0) is 0 Å². The molecule has 1 aliphatic heterocycles. The number of piperidine rings is 1. The van der Waals surface area contributed by atoms with E-state index in [0.29, 0.717) is 28.6 Å². The molecule has 0 amide bonds. The lowest BCUT2D eigenvalue weighted by molar-refractivity contribution is 0.455. The fourth-order valence-electron chi connectivity index (χ4n) is 2.70. The number of nitrogens with zero attached hydrogens (tertiary/aromatic N) is 3. The normalized spacial score (nSPS) is 19.8. The van der Waals surface area contributed by atoms with Crippen LogP contribution in [-0.4, -0.2) is 33.9 Å². The molecule has 110 valence electrons. The van der Waals surface area contributed by atoms with Gasteiger partial charge in [-0.1, -0.05) is 0 Å². The summed E-state index contributed by atoms with van der Waals surface area (Å²) in [6.07, 6.45) is 6.54. The molecule has 3 rings (SSSR count). The van der Waals surface area contributed by atoms with Gasteiger partial charge < -0.3 is 22.2 Å². The van der Waals surface area contributed by atoms with E-state index in [0.717, 1.165) is 37.8 Å². The fourth-order valence-corrected chi connectivity index (χ4v) is 2.70. The summed E-state index contributed by atoms with van der Waals surface area (Å²) in [6, 6.07) is 1.89. The average molecular weight is 285 g/mol. The van der Waals surface area contributed by atoms with E-state index in [4.69, 9.17) is 21.9 Å². The van der Waals surface area contributed by atoms with Gasteiger partial charge in [0, 0.05) is 30.4 Å². The molecule has 21 heavy (non-hydrogen) atoms. The fraction of sp³-hybridized carbons (Fsp3) is 0.357. The smallest absolute Gasteiger partial charge is 0.166 e. The summed E-state index contributed by atoms with van der Waals surface area (Å²) in [5, 5.41) is 14.7. The van der Waals surface area contributed by atoms with Gasteiger partial charge in [-0.2, -0.15) is 9.61 Å². The van der Waals surface area contributed by atoms with Crippen molar-refractivity contribution in [1.29, 1.82) is 5.41 Å². The molecule has 0 radical (unpaired) electrons. The molecule has 6 N–H and O–H groups in total. The quantitative estimate of drug-likeness (QED) is 0.620. The lowest BCUT2D eigenvalue weighted by atomic mass is 9.96. The molecule has 7 nitrogen and oxygen atoms in total. The standard InChI is InChI=1S/C14H19N7/c15-4-3-11(16)10-8-19-21-13(17)6-12(20-14(10)21)9-2-1-5-18-7-9/h3-4,6,8-9,15,18H,1-2,5,7,16-17H2/b11-3-,15-4?. The number of fused-ring (bicyclic) bond motifs is 1. The third kappa shape index (κ3) is 2.47. The number of aromatic nitrogens is 3. The van der Waals surface area contributed by atoms with Crippen LogP contribution < -0.4 is 16.8 Å². The van der Waals surface area contributed by atoms with E-state index in [1.54, 1.807) is 10.7 Å². The second-order valence-corrected chi connectivity index (χ2v) is 5.23. The first kappa shape index (κ1) is 13.6. The lowest BCUT2D eigenvalue weighted by Crippen LogP contribution is -2.29. The van der Waals surface area contributed by atoms with E-state index in [1.165, 1.54) is 6.08 Å². The molecule has 1 atom stereocenters. The number of nitrogens with two attached hydrogens (primary N) is 2. The van der Waals surface area contributed by atoms with Crippen LogP contribution in [0.25, 0.3) is 11.3 Å². The molecule has 0 aliphatic carbocycles. The zero-order valence-corrected chi connectivity index (χ0v) is 11.7. The van der Waals surface area contributed by atoms with Gasteiger partial charge in [0.05, 0.1) is 17.5 Å². The number of hydrogen-bond donors (Lipinski definition) is 4. The van der Waals surface area contributed by atoms with Gasteiger partial charge in [0.1, 0.15) is 5.82 Å². The third-order valence-electron chi connectivity index (χ3n) is 3.81. The van der Waals surface area contributed by atoms with E-state index in [-0.39, 0.29) is 0 Å². The lowest BCUT2D eigenvalue weighted by Gasteiger charge is -2.22. The zero-order chi connectivity index (χ0) is 14.8. The molecule has 3 heterocycles. The molecular weight excluding hydrogens is 266 g/mol. The summed E-state index contributed by atoms with van der Waals surface area (Å²) in [4.78, 5) is 4.71. The maximum Gasteiger partial charge on any atom is 0.166 e. The summed E-state index contributed by atoms with van der Waals surface area (Å²) >= 11 is 0. The molecule has 2 aromatic rings. The van der Waals surface area contributed by atoms with Crippen LogP contribution in [0.2, 0.25) is 0 Å². The predicted molar refractivity (Wildman–Crippen MR) is 83.2 cm³/mol. The highest BCUT2D eigenvalue weighted by atomic mass is 15.3. The molecule has 0 spiro atoms. The van der Waals surface area contributed by atoms with Crippen LogP contribution in [0.4, 0.5) is 5.82 Å². The summed E-state index contributed by atoms with van der Waals surface area (Å²) in [5.41, 5.74) is 14.8. The van der Waals surface area contributed by atoms with Crippen molar-refractivity contribution in [2.45, 2.75) is 18.8 Å². The second kappa shape index (κ2) is 5.53. The number of allylic oxidation sites excluding steroid dienone is 1. The Bertz CT molecular complexity index is 695. The van der Waals surface area contributed by atoms with Gasteiger partial charge in [-0.15, -0.1) is 0 Å². The molecule has 1 fully saturated rings. The minimum absolute atomic E-state index is 0.363. The van der Waals surface area contributed by atoms with Crippen molar-refractivity contribution in [1.82, 2.24) is 19.9 Å². The van der Waals surface area contributed by atoms with Gasteiger partial charge in [-0.3, -0.25) is 0 Å². The van der Waals surface area contributed by atoms with E-state index in [1.807, 2.05) is 6.07 Å². The largest absolute Gasteiger partial charge is 0.398 e. The predicted octanol–water partition coefficient (Wildman–Crippen LogP) is 0.728. The molecule has 7 heteroatoms. The van der Waals surface area contributed by atoms with Crippen molar-refractivity contribution >= 4 is 23.4 Å². The number of nitrogens with one attached hydrogen (secondary N) is 2. The van der Waals surface area contributed by atoms with E-state index in [9.17, 15) is 0 Å². The second-order valence-electron chi connectivity index (χ2n) is 5.23. The average Bonchev–Trinajstić information content (AvgIpc) is 2.93. The Morgan fingerprint density at radius 3 is 3.10 bits per heavy atom. The minimum atomic E-state index is 0.363. The summed E-state index contributed by atoms with van der Waals surface area (Å²) in [5.74, 6) is 0.913. The van der Waals surface area contributed by atoms with Crippen molar-refractivity contribution < 1.29 is 0 Å². The minimum Gasteiger partial charge on any atom is -0.398 e. The Kier molecular flexibility index (Phi) is 3.57. The van der Waals surface area contributed by atoms with E-state index in [2.05, 4.69) is 10.4 Å². The van der Waals surface area contributed by atoms with Crippen LogP contribution in [0.15, 0.2) is 18.3 Å². The Balaban J connectivity index is 2.10. The molecule has 0 bridgehead atoms. The number of hydrogen-bond acceptors (Lipinski definition) is 6. The van der Waals surface area contributed by atoms with Gasteiger partial charge in [-0.25, -0.2) is 4.98 Å². The highest BCUT2D eigenvalue weighted by molar-refractivity contribution is 5.85. The van der Waals surface area contributed by atoms with Crippen LogP contribution in [0, 0.1) is 5.41 Å². The van der Waals surface area contributed by atoms with Gasteiger partial charge in [0.2, 0.25) is 0 Å². The first-order valence-electron chi connectivity index (χ1n) is 7.02. The van der Waals surface area contributed by atoms with Crippen molar-refractivity contribution in [3.8, 4) is 0 Å². The van der Waals surface area contributed by atoms with Crippen molar-refractivity contribution in [2.75, 3.05) is 18.8 Å². The Hall–Kier alpha value is -2.41. The van der Waals surface area contributed by atoms with Gasteiger partial charge in [0.15, 0.2) is 5.65 Å². The Morgan fingerprint density at radius 1 is 1.52 bits per heavy atom. The number of rotatable bonds is 3. The first-order valence-corrected chi connectivity index (χ1v) is 7.02. The van der Waals surface area contributed by atoms with Crippen LogP contribution >= 0.6 is 0 Å². The number of anilines is 1. The summed E-state index contributed by atoms with van der Waals surface area (Å²) in [7, 11) is 0. The van der Waals surface area contributed by atoms with Gasteiger partial charge >= 0.3 is 0 Å². The maximum absolute atomic E-state index is 7.13. The number of nitrogen functional groups attached to an aromatic ring is 1. The zero-order valence-electron chi connectivity index (χ0n) is 11.7. The molecule has 0 saturated carbocycles. The Labute approximate surface area is 122 Å².